The third-order valence-electron chi connectivity index (χ3n) is 4.54. The standard InChI is InChI=1S/C19H26N2OS/c1-12-10-13(2)15(4)18(14(12)3)19(22)20-11-16(21(5)6)17-8-7-9-23-17/h7-10,16H,11H2,1-6H3,(H,20,22). The summed E-state index contributed by atoms with van der Waals surface area (Å²) in [4.78, 5) is 16.2. The number of benzene rings is 1. The lowest BCUT2D eigenvalue weighted by atomic mass is 9.93. The highest BCUT2D eigenvalue weighted by Gasteiger charge is 2.19. The Morgan fingerprint density at radius 2 is 1.78 bits per heavy atom. The zero-order valence-electron chi connectivity index (χ0n) is 14.9. The summed E-state index contributed by atoms with van der Waals surface area (Å²) in [6.07, 6.45) is 0. The Bertz CT molecular complexity index is 664. The molecule has 1 N–H and O–H groups in total. The maximum absolute atomic E-state index is 12.8. The van der Waals surface area contributed by atoms with Gasteiger partial charge in [-0.15, -0.1) is 11.3 Å². The highest BCUT2D eigenvalue weighted by atomic mass is 32.1. The van der Waals surface area contributed by atoms with Crippen molar-refractivity contribution in [2.24, 2.45) is 0 Å². The minimum Gasteiger partial charge on any atom is -0.350 e. The second-order valence-corrected chi connectivity index (χ2v) is 7.32. The summed E-state index contributed by atoms with van der Waals surface area (Å²) < 4.78 is 0. The second-order valence-electron chi connectivity index (χ2n) is 6.34. The molecule has 1 atom stereocenters. The van der Waals surface area contributed by atoms with Crippen molar-refractivity contribution in [2.75, 3.05) is 20.6 Å². The van der Waals surface area contributed by atoms with Crippen molar-refractivity contribution in [2.45, 2.75) is 33.7 Å². The molecule has 0 aliphatic heterocycles. The number of carbonyl (C=O) groups is 1. The molecule has 124 valence electrons. The monoisotopic (exact) mass is 330 g/mol. The molecule has 0 aliphatic carbocycles. The number of nitrogens with zero attached hydrogens (tertiary/aromatic N) is 1. The van der Waals surface area contributed by atoms with Crippen molar-refractivity contribution in [1.29, 1.82) is 0 Å². The molecule has 0 bridgehead atoms. The van der Waals surface area contributed by atoms with Crippen LogP contribution in [0, 0.1) is 27.7 Å². The molecule has 0 radical (unpaired) electrons. The van der Waals surface area contributed by atoms with Crippen molar-refractivity contribution in [1.82, 2.24) is 10.2 Å². The third kappa shape index (κ3) is 3.82. The highest BCUT2D eigenvalue weighted by molar-refractivity contribution is 7.10. The van der Waals surface area contributed by atoms with Gasteiger partial charge < -0.3 is 10.2 Å². The molecule has 3 nitrogen and oxygen atoms in total. The topological polar surface area (TPSA) is 32.3 Å². The zero-order chi connectivity index (χ0) is 17.1. The van der Waals surface area contributed by atoms with Crippen LogP contribution in [0.2, 0.25) is 0 Å². The number of rotatable bonds is 5. The van der Waals surface area contributed by atoms with Crippen molar-refractivity contribution >= 4 is 17.2 Å². The van der Waals surface area contributed by atoms with Gasteiger partial charge >= 0.3 is 0 Å². The van der Waals surface area contributed by atoms with Gasteiger partial charge in [0.1, 0.15) is 0 Å². The van der Waals surface area contributed by atoms with Crippen LogP contribution in [0.4, 0.5) is 0 Å². The fourth-order valence-electron chi connectivity index (χ4n) is 2.85. The molecule has 0 spiro atoms. The van der Waals surface area contributed by atoms with E-state index in [1.807, 2.05) is 27.9 Å². The van der Waals surface area contributed by atoms with Gasteiger partial charge in [0.25, 0.3) is 5.91 Å². The van der Waals surface area contributed by atoms with Gasteiger partial charge in [0.15, 0.2) is 0 Å². The van der Waals surface area contributed by atoms with E-state index in [9.17, 15) is 4.79 Å². The summed E-state index contributed by atoms with van der Waals surface area (Å²) in [7, 11) is 4.09. The van der Waals surface area contributed by atoms with E-state index in [2.05, 4.69) is 47.6 Å². The number of amides is 1. The largest absolute Gasteiger partial charge is 0.350 e. The molecule has 1 unspecified atom stereocenters. The van der Waals surface area contributed by atoms with E-state index in [1.54, 1.807) is 11.3 Å². The minimum atomic E-state index is 0.0233. The number of hydrogen-bond acceptors (Lipinski definition) is 3. The first kappa shape index (κ1) is 17.7. The fourth-order valence-corrected chi connectivity index (χ4v) is 3.78. The first-order chi connectivity index (χ1) is 10.8. The average Bonchev–Trinajstić information content (AvgIpc) is 2.99. The highest BCUT2D eigenvalue weighted by Crippen LogP contribution is 2.24. The van der Waals surface area contributed by atoms with Gasteiger partial charge in [-0.25, -0.2) is 0 Å². The Morgan fingerprint density at radius 3 is 2.26 bits per heavy atom. The lowest BCUT2D eigenvalue weighted by Crippen LogP contribution is -2.35. The van der Waals surface area contributed by atoms with Crippen LogP contribution in [0.15, 0.2) is 23.6 Å². The van der Waals surface area contributed by atoms with Crippen molar-refractivity contribution in [3.63, 3.8) is 0 Å². The molecule has 23 heavy (non-hydrogen) atoms. The zero-order valence-corrected chi connectivity index (χ0v) is 15.7. The molecule has 0 saturated carbocycles. The number of thiophene rings is 1. The number of likely N-dealkylation sites (N-methyl/N-ethyl adjacent to an activating group) is 1. The maximum Gasteiger partial charge on any atom is 0.251 e. The molecule has 0 fully saturated rings. The molecule has 1 aromatic heterocycles. The predicted molar refractivity (Wildman–Crippen MR) is 98.5 cm³/mol. The molecule has 0 aliphatic rings. The fraction of sp³-hybridized carbons (Fsp3) is 0.421. The maximum atomic E-state index is 12.8. The lowest BCUT2D eigenvalue weighted by Gasteiger charge is -2.24. The number of nitrogens with one attached hydrogen (secondary N) is 1. The Morgan fingerprint density at radius 1 is 1.17 bits per heavy atom. The molecular weight excluding hydrogens is 304 g/mol. The normalized spacial score (nSPS) is 12.5. The average molecular weight is 330 g/mol. The van der Waals surface area contributed by atoms with E-state index < -0.39 is 0 Å². The van der Waals surface area contributed by atoms with Crippen molar-refractivity contribution < 1.29 is 4.79 Å². The van der Waals surface area contributed by atoms with Crippen LogP contribution in [0.3, 0.4) is 0 Å². The summed E-state index contributed by atoms with van der Waals surface area (Å²) in [5.74, 6) is 0.0233. The van der Waals surface area contributed by atoms with Gasteiger partial charge in [0.05, 0.1) is 6.04 Å². The van der Waals surface area contributed by atoms with Crippen LogP contribution in [-0.4, -0.2) is 31.4 Å². The van der Waals surface area contributed by atoms with E-state index in [4.69, 9.17) is 0 Å². The quantitative estimate of drug-likeness (QED) is 0.898. The van der Waals surface area contributed by atoms with Crippen molar-refractivity contribution in [3.05, 3.63) is 56.3 Å². The van der Waals surface area contributed by atoms with Gasteiger partial charge in [0.2, 0.25) is 0 Å². The Labute approximate surface area is 143 Å². The van der Waals surface area contributed by atoms with E-state index >= 15 is 0 Å². The molecule has 1 amide bonds. The molecule has 1 heterocycles. The molecule has 4 heteroatoms. The Kier molecular flexibility index (Phi) is 5.60. The van der Waals surface area contributed by atoms with Crippen LogP contribution in [-0.2, 0) is 0 Å². The van der Waals surface area contributed by atoms with Gasteiger partial charge in [-0.05, 0) is 75.5 Å². The second kappa shape index (κ2) is 7.28. The Hall–Kier alpha value is -1.65. The van der Waals surface area contributed by atoms with E-state index in [-0.39, 0.29) is 11.9 Å². The van der Waals surface area contributed by atoms with Crippen LogP contribution in [0.1, 0.15) is 43.5 Å². The van der Waals surface area contributed by atoms with E-state index in [0.29, 0.717) is 6.54 Å². The molecule has 2 aromatic rings. The van der Waals surface area contributed by atoms with Crippen LogP contribution in [0.25, 0.3) is 0 Å². The minimum absolute atomic E-state index is 0.0233. The summed E-state index contributed by atoms with van der Waals surface area (Å²) in [6.45, 7) is 8.79. The third-order valence-corrected chi connectivity index (χ3v) is 5.52. The summed E-state index contributed by atoms with van der Waals surface area (Å²) in [5, 5.41) is 5.21. The number of hydrogen-bond donors (Lipinski definition) is 1. The van der Waals surface area contributed by atoms with E-state index in [1.165, 1.54) is 16.0 Å². The SMILES string of the molecule is Cc1cc(C)c(C)c(C(=O)NCC(c2cccs2)N(C)C)c1C. The summed E-state index contributed by atoms with van der Waals surface area (Å²) in [6, 6.07) is 6.52. The first-order valence-electron chi connectivity index (χ1n) is 7.88. The summed E-state index contributed by atoms with van der Waals surface area (Å²) in [5.41, 5.74) is 5.30. The van der Waals surface area contributed by atoms with Gasteiger partial charge in [0, 0.05) is 17.0 Å². The Balaban J connectivity index is 2.20. The molecular formula is C19H26N2OS. The van der Waals surface area contributed by atoms with Crippen LogP contribution >= 0.6 is 11.3 Å². The lowest BCUT2D eigenvalue weighted by molar-refractivity contribution is 0.0941. The smallest absolute Gasteiger partial charge is 0.251 e. The molecule has 0 saturated heterocycles. The van der Waals surface area contributed by atoms with Gasteiger partial charge in [-0.2, -0.15) is 0 Å². The number of aryl methyl sites for hydroxylation is 2. The van der Waals surface area contributed by atoms with E-state index in [0.717, 1.165) is 16.7 Å². The molecule has 2 rings (SSSR count). The summed E-state index contributed by atoms with van der Waals surface area (Å²) >= 11 is 1.73. The van der Waals surface area contributed by atoms with Crippen LogP contribution in [0.5, 0.6) is 0 Å². The molecule has 1 aromatic carbocycles. The van der Waals surface area contributed by atoms with Crippen LogP contribution < -0.4 is 5.32 Å². The first-order valence-corrected chi connectivity index (χ1v) is 8.76. The van der Waals surface area contributed by atoms with Gasteiger partial charge in [-0.3, -0.25) is 4.79 Å². The van der Waals surface area contributed by atoms with Gasteiger partial charge in [-0.1, -0.05) is 12.1 Å². The predicted octanol–water partition coefficient (Wildman–Crippen LogP) is 4.01. The van der Waals surface area contributed by atoms with Crippen molar-refractivity contribution in [3.8, 4) is 0 Å². The number of carbonyl (C=O) groups excluding carboxylic acids is 1.